The van der Waals surface area contributed by atoms with E-state index >= 15 is 0 Å². The van der Waals surface area contributed by atoms with Crippen molar-refractivity contribution in [1.29, 1.82) is 0 Å². The van der Waals surface area contributed by atoms with E-state index in [1.165, 1.54) is 0 Å². The number of hydrogen-bond acceptors (Lipinski definition) is 6. The number of anilines is 3. The summed E-state index contributed by atoms with van der Waals surface area (Å²) in [5.41, 5.74) is 16.1. The van der Waals surface area contributed by atoms with Crippen molar-refractivity contribution in [2.24, 2.45) is 10.7 Å². The second-order valence-corrected chi connectivity index (χ2v) is 5.17. The van der Waals surface area contributed by atoms with Gasteiger partial charge in [0.05, 0.1) is 22.6 Å². The molecule has 0 amide bonds. The number of aliphatic imine (C=N–C) groups is 1. The minimum Gasteiger partial charge on any atom is -0.383 e. The smallest absolute Gasteiger partial charge is 0.143 e. The quantitative estimate of drug-likeness (QED) is 0.641. The summed E-state index contributed by atoms with van der Waals surface area (Å²) in [5.74, 6) is 1.37. The summed E-state index contributed by atoms with van der Waals surface area (Å²) in [7, 11) is 0. The van der Waals surface area contributed by atoms with Crippen LogP contribution in [0.1, 0.15) is 5.56 Å². The molecule has 3 aromatic rings. The van der Waals surface area contributed by atoms with E-state index in [9.17, 15) is 0 Å². The van der Waals surface area contributed by atoms with E-state index in [0.717, 1.165) is 22.6 Å². The van der Waals surface area contributed by atoms with Crippen LogP contribution < -0.4 is 16.8 Å². The summed E-state index contributed by atoms with van der Waals surface area (Å²) >= 11 is 0. The summed E-state index contributed by atoms with van der Waals surface area (Å²) < 4.78 is 0. The zero-order valence-electron chi connectivity index (χ0n) is 12.2. The fourth-order valence-electron chi connectivity index (χ4n) is 2.54. The second kappa shape index (κ2) is 5.10. The third-order valence-corrected chi connectivity index (χ3v) is 3.67. The van der Waals surface area contributed by atoms with Gasteiger partial charge in [-0.15, -0.1) is 0 Å². The summed E-state index contributed by atoms with van der Waals surface area (Å²) in [6.07, 6.45) is 1.71. The van der Waals surface area contributed by atoms with Crippen LogP contribution in [0.15, 0.2) is 59.7 Å². The Bertz CT molecular complexity index is 918. The number of nitrogens with two attached hydrogens (primary N) is 2. The molecule has 1 aliphatic rings. The van der Waals surface area contributed by atoms with Crippen molar-refractivity contribution in [2.75, 3.05) is 11.1 Å². The van der Waals surface area contributed by atoms with Crippen LogP contribution in [0.5, 0.6) is 0 Å². The van der Waals surface area contributed by atoms with Crippen molar-refractivity contribution in [3.63, 3.8) is 0 Å². The minimum absolute atomic E-state index is 0.391. The lowest BCUT2D eigenvalue weighted by molar-refractivity contribution is 1.27. The molecule has 0 radical (unpaired) electrons. The first-order chi connectivity index (χ1) is 11.2. The van der Waals surface area contributed by atoms with Crippen LogP contribution in [0.2, 0.25) is 0 Å². The van der Waals surface area contributed by atoms with E-state index in [2.05, 4.69) is 20.3 Å². The Morgan fingerprint density at radius 1 is 0.913 bits per heavy atom. The van der Waals surface area contributed by atoms with E-state index in [4.69, 9.17) is 11.5 Å². The Balaban J connectivity index is 1.91. The molecule has 1 aliphatic heterocycles. The monoisotopic (exact) mass is 302 g/mol. The fraction of sp³-hybridized carbons (Fsp3) is 0. The number of amidine groups is 1. The topological polar surface area (TPSA) is 102 Å². The van der Waals surface area contributed by atoms with Gasteiger partial charge in [-0.1, -0.05) is 18.2 Å². The lowest BCUT2D eigenvalue weighted by Crippen LogP contribution is -2.15. The van der Waals surface area contributed by atoms with Gasteiger partial charge in [0.25, 0.3) is 0 Å². The number of hydrogen-bond donors (Lipinski definition) is 3. The molecule has 0 atom stereocenters. The average molecular weight is 302 g/mol. The Morgan fingerprint density at radius 3 is 2.57 bits per heavy atom. The van der Waals surface area contributed by atoms with E-state index < -0.39 is 0 Å². The van der Waals surface area contributed by atoms with E-state index in [1.54, 1.807) is 6.20 Å². The largest absolute Gasteiger partial charge is 0.383 e. The number of aromatic nitrogens is 2. The van der Waals surface area contributed by atoms with Crippen molar-refractivity contribution in [3.8, 4) is 11.3 Å². The van der Waals surface area contributed by atoms with Crippen molar-refractivity contribution in [3.05, 3.63) is 60.3 Å². The second-order valence-electron chi connectivity index (χ2n) is 5.17. The predicted molar refractivity (Wildman–Crippen MR) is 92.0 cm³/mol. The van der Waals surface area contributed by atoms with Gasteiger partial charge in [-0.05, 0) is 30.3 Å². The zero-order chi connectivity index (χ0) is 15.8. The van der Waals surface area contributed by atoms with E-state index in [1.807, 2.05) is 48.5 Å². The van der Waals surface area contributed by atoms with Gasteiger partial charge in [0, 0.05) is 11.8 Å². The lowest BCUT2D eigenvalue weighted by Gasteiger charge is -2.12. The number of nitrogens with one attached hydrogen (secondary N) is 1. The molecule has 6 nitrogen and oxygen atoms in total. The van der Waals surface area contributed by atoms with Gasteiger partial charge in [0.2, 0.25) is 0 Å². The number of fused-ring (bicyclic) bond motifs is 2. The van der Waals surface area contributed by atoms with Crippen LogP contribution in [0.25, 0.3) is 11.3 Å². The third kappa shape index (κ3) is 2.26. The van der Waals surface area contributed by atoms with Crippen LogP contribution in [0, 0.1) is 0 Å². The molecule has 0 saturated carbocycles. The molecular weight excluding hydrogens is 288 g/mol. The fourth-order valence-corrected chi connectivity index (χ4v) is 2.54. The van der Waals surface area contributed by atoms with Gasteiger partial charge in [-0.2, -0.15) is 0 Å². The third-order valence-electron chi connectivity index (χ3n) is 3.67. The van der Waals surface area contributed by atoms with Crippen LogP contribution in [0.3, 0.4) is 0 Å². The molecule has 0 fully saturated rings. The van der Waals surface area contributed by atoms with E-state index in [0.29, 0.717) is 23.0 Å². The van der Waals surface area contributed by atoms with Gasteiger partial charge in [-0.3, -0.25) is 4.98 Å². The molecule has 2 aromatic heterocycles. The van der Waals surface area contributed by atoms with Crippen LogP contribution in [-0.2, 0) is 0 Å². The summed E-state index contributed by atoms with van der Waals surface area (Å²) in [5, 5.41) is 3.25. The Labute approximate surface area is 132 Å². The first kappa shape index (κ1) is 13.3. The highest BCUT2D eigenvalue weighted by molar-refractivity contribution is 6.07. The van der Waals surface area contributed by atoms with Crippen LogP contribution in [0.4, 0.5) is 23.0 Å². The molecule has 0 spiro atoms. The van der Waals surface area contributed by atoms with Crippen LogP contribution >= 0.6 is 0 Å². The van der Waals surface area contributed by atoms with Gasteiger partial charge in [-0.25, -0.2) is 9.98 Å². The van der Waals surface area contributed by atoms with Gasteiger partial charge in [0.1, 0.15) is 17.5 Å². The molecular formula is C17H14N6. The molecule has 1 aromatic carbocycles. The Kier molecular flexibility index (Phi) is 2.94. The molecule has 0 saturated heterocycles. The number of benzene rings is 1. The maximum atomic E-state index is 6.17. The normalized spacial score (nSPS) is 12.4. The molecule has 112 valence electrons. The minimum atomic E-state index is 0.391. The van der Waals surface area contributed by atoms with Gasteiger partial charge >= 0.3 is 0 Å². The van der Waals surface area contributed by atoms with Gasteiger partial charge < -0.3 is 16.8 Å². The summed E-state index contributed by atoms with van der Waals surface area (Å²) in [4.78, 5) is 13.3. The summed E-state index contributed by atoms with van der Waals surface area (Å²) in [6, 6.07) is 15.2. The zero-order valence-corrected chi connectivity index (χ0v) is 12.2. The Hall–Kier alpha value is -3.41. The van der Waals surface area contributed by atoms with Gasteiger partial charge in [0.15, 0.2) is 0 Å². The first-order valence-electron chi connectivity index (χ1n) is 7.15. The predicted octanol–water partition coefficient (Wildman–Crippen LogP) is 2.82. The Morgan fingerprint density at radius 2 is 1.74 bits per heavy atom. The van der Waals surface area contributed by atoms with Crippen molar-refractivity contribution < 1.29 is 0 Å². The standard InChI is InChI=1S/C17H14N6/c18-15-10(12-5-3-4-8-20-12)9-11-16(19)21-13-6-1-2-7-14(13)22-17(11)23-15/h1-9H,(H2,19,21)(H3,18,22,23). The molecule has 0 aliphatic carbocycles. The highest BCUT2D eigenvalue weighted by Gasteiger charge is 2.18. The molecule has 0 unspecified atom stereocenters. The highest BCUT2D eigenvalue weighted by Crippen LogP contribution is 2.35. The maximum absolute atomic E-state index is 6.17. The molecule has 5 N–H and O–H groups in total. The molecule has 4 rings (SSSR count). The highest BCUT2D eigenvalue weighted by atomic mass is 15.1. The van der Waals surface area contributed by atoms with Crippen molar-refractivity contribution >= 4 is 28.8 Å². The average Bonchev–Trinajstić information content (AvgIpc) is 2.70. The molecule has 23 heavy (non-hydrogen) atoms. The van der Waals surface area contributed by atoms with E-state index in [-0.39, 0.29) is 0 Å². The van der Waals surface area contributed by atoms with Crippen LogP contribution in [-0.4, -0.2) is 15.8 Å². The number of nitrogen functional groups attached to an aromatic ring is 1. The molecule has 0 bridgehead atoms. The summed E-state index contributed by atoms with van der Waals surface area (Å²) in [6.45, 7) is 0. The SMILES string of the molecule is NC1=Nc2ccccc2Nc2nc(N)c(-c3ccccn3)cc21. The number of para-hydroxylation sites is 2. The lowest BCUT2D eigenvalue weighted by atomic mass is 10.1. The number of nitrogens with zero attached hydrogens (tertiary/aromatic N) is 3. The number of rotatable bonds is 1. The first-order valence-corrected chi connectivity index (χ1v) is 7.15. The number of pyridine rings is 2. The maximum Gasteiger partial charge on any atom is 0.143 e. The molecule has 6 heteroatoms. The van der Waals surface area contributed by atoms with Crippen molar-refractivity contribution in [1.82, 2.24) is 9.97 Å². The van der Waals surface area contributed by atoms with Crippen molar-refractivity contribution in [2.45, 2.75) is 0 Å². The molecule has 3 heterocycles.